The van der Waals surface area contributed by atoms with Crippen molar-refractivity contribution in [2.45, 2.75) is 25.3 Å². The molecule has 3 aromatic rings. The lowest BCUT2D eigenvalue weighted by molar-refractivity contribution is 0.751. The van der Waals surface area contributed by atoms with Gasteiger partial charge in [-0.2, -0.15) is 0 Å². The SMILES string of the molecule is Cc1ccc2nc(N)n(C3CC3c3ccccc3)c2c1. The minimum absolute atomic E-state index is 0.448. The number of aryl methyl sites for hydroxylation is 1. The molecule has 2 unspecified atom stereocenters. The predicted octanol–water partition coefficient (Wildman–Crippen LogP) is 3.66. The monoisotopic (exact) mass is 263 g/mol. The quantitative estimate of drug-likeness (QED) is 0.767. The van der Waals surface area contributed by atoms with Crippen LogP contribution in [0.15, 0.2) is 48.5 Å². The van der Waals surface area contributed by atoms with Gasteiger partial charge in [-0.15, -0.1) is 0 Å². The molecule has 3 nitrogen and oxygen atoms in total. The van der Waals surface area contributed by atoms with Gasteiger partial charge in [0.1, 0.15) is 0 Å². The lowest BCUT2D eigenvalue weighted by Crippen LogP contribution is -2.02. The second-order valence-corrected chi connectivity index (χ2v) is 5.65. The van der Waals surface area contributed by atoms with Crippen molar-refractivity contribution in [3.63, 3.8) is 0 Å². The molecular formula is C17H17N3. The van der Waals surface area contributed by atoms with Crippen LogP contribution in [0.3, 0.4) is 0 Å². The minimum Gasteiger partial charge on any atom is -0.369 e. The summed E-state index contributed by atoms with van der Waals surface area (Å²) in [5.74, 6) is 1.20. The lowest BCUT2D eigenvalue weighted by atomic mass is 10.1. The summed E-state index contributed by atoms with van der Waals surface area (Å²) in [7, 11) is 0. The molecule has 0 aliphatic heterocycles. The molecule has 1 heterocycles. The zero-order valence-corrected chi connectivity index (χ0v) is 11.5. The summed E-state index contributed by atoms with van der Waals surface area (Å²) in [6.07, 6.45) is 1.15. The smallest absolute Gasteiger partial charge is 0.201 e. The minimum atomic E-state index is 0.448. The molecule has 3 heteroatoms. The molecule has 20 heavy (non-hydrogen) atoms. The number of hydrogen-bond acceptors (Lipinski definition) is 2. The van der Waals surface area contributed by atoms with Crippen LogP contribution in [-0.2, 0) is 0 Å². The number of nitrogen functional groups attached to an aromatic ring is 1. The van der Waals surface area contributed by atoms with E-state index in [2.05, 4.69) is 65.0 Å². The highest BCUT2D eigenvalue weighted by molar-refractivity contribution is 5.79. The zero-order valence-electron chi connectivity index (χ0n) is 11.5. The van der Waals surface area contributed by atoms with Crippen LogP contribution in [-0.4, -0.2) is 9.55 Å². The Kier molecular flexibility index (Phi) is 2.36. The van der Waals surface area contributed by atoms with Crippen LogP contribution >= 0.6 is 0 Å². The van der Waals surface area contributed by atoms with Gasteiger partial charge in [0.15, 0.2) is 0 Å². The number of fused-ring (bicyclic) bond motifs is 1. The third kappa shape index (κ3) is 1.70. The third-order valence-electron chi connectivity index (χ3n) is 4.19. The molecule has 2 aromatic carbocycles. The predicted molar refractivity (Wildman–Crippen MR) is 81.7 cm³/mol. The number of aromatic nitrogens is 2. The Morgan fingerprint density at radius 3 is 2.75 bits per heavy atom. The lowest BCUT2D eigenvalue weighted by Gasteiger charge is -2.06. The third-order valence-corrected chi connectivity index (χ3v) is 4.19. The molecule has 1 aromatic heterocycles. The van der Waals surface area contributed by atoms with E-state index in [1.54, 1.807) is 0 Å². The summed E-state index contributed by atoms with van der Waals surface area (Å²) < 4.78 is 2.21. The molecular weight excluding hydrogens is 246 g/mol. The van der Waals surface area contributed by atoms with Crippen molar-refractivity contribution in [1.29, 1.82) is 0 Å². The molecule has 1 aliphatic rings. The number of benzene rings is 2. The van der Waals surface area contributed by atoms with Crippen LogP contribution in [0, 0.1) is 6.92 Å². The zero-order chi connectivity index (χ0) is 13.7. The van der Waals surface area contributed by atoms with Crippen LogP contribution in [0.1, 0.15) is 29.5 Å². The molecule has 100 valence electrons. The Morgan fingerprint density at radius 2 is 1.95 bits per heavy atom. The number of hydrogen-bond donors (Lipinski definition) is 1. The molecule has 2 atom stereocenters. The average Bonchev–Trinajstić information content (AvgIpc) is 3.17. The summed E-state index contributed by atoms with van der Waals surface area (Å²) in [6, 6.07) is 17.4. The van der Waals surface area contributed by atoms with E-state index in [-0.39, 0.29) is 0 Å². The van der Waals surface area contributed by atoms with E-state index >= 15 is 0 Å². The largest absolute Gasteiger partial charge is 0.369 e. The highest BCUT2D eigenvalue weighted by atomic mass is 15.2. The van der Waals surface area contributed by atoms with Crippen LogP contribution in [0.5, 0.6) is 0 Å². The van der Waals surface area contributed by atoms with Crippen molar-refractivity contribution in [2.24, 2.45) is 0 Å². The van der Waals surface area contributed by atoms with Crippen LogP contribution in [0.2, 0.25) is 0 Å². The van der Waals surface area contributed by atoms with Gasteiger partial charge in [0.2, 0.25) is 5.95 Å². The molecule has 0 bridgehead atoms. The highest BCUT2D eigenvalue weighted by Gasteiger charge is 2.41. The van der Waals surface area contributed by atoms with Gasteiger partial charge in [-0.1, -0.05) is 36.4 Å². The average molecular weight is 263 g/mol. The molecule has 1 fully saturated rings. The van der Waals surface area contributed by atoms with Gasteiger partial charge in [0.05, 0.1) is 11.0 Å². The van der Waals surface area contributed by atoms with Gasteiger partial charge in [-0.25, -0.2) is 4.98 Å². The van der Waals surface area contributed by atoms with E-state index in [0.717, 1.165) is 17.5 Å². The molecule has 0 spiro atoms. The topological polar surface area (TPSA) is 43.8 Å². The fraction of sp³-hybridized carbons (Fsp3) is 0.235. The number of rotatable bonds is 2. The van der Waals surface area contributed by atoms with E-state index in [1.807, 2.05) is 0 Å². The summed E-state index contributed by atoms with van der Waals surface area (Å²) >= 11 is 0. The maximum Gasteiger partial charge on any atom is 0.201 e. The molecule has 0 saturated heterocycles. The van der Waals surface area contributed by atoms with Crippen molar-refractivity contribution in [1.82, 2.24) is 9.55 Å². The van der Waals surface area contributed by atoms with Gasteiger partial charge >= 0.3 is 0 Å². The van der Waals surface area contributed by atoms with Crippen molar-refractivity contribution in [3.05, 3.63) is 59.7 Å². The summed E-state index contributed by atoms with van der Waals surface area (Å²) in [5.41, 5.74) is 10.9. The van der Waals surface area contributed by atoms with Gasteiger partial charge < -0.3 is 10.3 Å². The van der Waals surface area contributed by atoms with Crippen LogP contribution < -0.4 is 5.73 Å². The van der Waals surface area contributed by atoms with Crippen molar-refractivity contribution in [3.8, 4) is 0 Å². The molecule has 0 radical (unpaired) electrons. The van der Waals surface area contributed by atoms with Crippen molar-refractivity contribution >= 4 is 17.0 Å². The molecule has 1 aliphatic carbocycles. The van der Waals surface area contributed by atoms with Crippen LogP contribution in [0.25, 0.3) is 11.0 Å². The van der Waals surface area contributed by atoms with Crippen LogP contribution in [0.4, 0.5) is 5.95 Å². The maximum absolute atomic E-state index is 6.14. The Morgan fingerprint density at radius 1 is 1.15 bits per heavy atom. The molecule has 4 rings (SSSR count). The standard InChI is InChI=1S/C17H17N3/c1-11-7-8-14-16(9-11)20(17(18)19-14)15-10-13(15)12-5-3-2-4-6-12/h2-9,13,15H,10H2,1H3,(H2,18,19). The normalized spacial score (nSPS) is 21.2. The Labute approximate surface area is 118 Å². The molecule has 0 amide bonds. The number of imidazole rings is 1. The number of anilines is 1. The van der Waals surface area contributed by atoms with Gasteiger partial charge in [0.25, 0.3) is 0 Å². The molecule has 2 N–H and O–H groups in total. The maximum atomic E-state index is 6.14. The number of nitrogens with zero attached hydrogens (tertiary/aromatic N) is 2. The number of nitrogens with two attached hydrogens (primary N) is 1. The Hall–Kier alpha value is -2.29. The Bertz CT molecular complexity index is 774. The van der Waals surface area contributed by atoms with E-state index in [0.29, 0.717) is 17.9 Å². The highest BCUT2D eigenvalue weighted by Crippen LogP contribution is 2.53. The van der Waals surface area contributed by atoms with Gasteiger partial charge in [-0.05, 0) is 36.6 Å². The van der Waals surface area contributed by atoms with E-state index in [4.69, 9.17) is 5.73 Å². The summed E-state index contributed by atoms with van der Waals surface area (Å²) in [4.78, 5) is 4.48. The van der Waals surface area contributed by atoms with Crippen molar-refractivity contribution in [2.75, 3.05) is 5.73 Å². The first kappa shape index (κ1) is 11.5. The second-order valence-electron chi connectivity index (χ2n) is 5.65. The van der Waals surface area contributed by atoms with Gasteiger partial charge in [0, 0.05) is 12.0 Å². The van der Waals surface area contributed by atoms with E-state index in [1.165, 1.54) is 11.1 Å². The first-order valence-electron chi connectivity index (χ1n) is 7.03. The van der Waals surface area contributed by atoms with Gasteiger partial charge in [-0.3, -0.25) is 0 Å². The summed E-state index contributed by atoms with van der Waals surface area (Å²) in [6.45, 7) is 2.11. The first-order valence-corrected chi connectivity index (χ1v) is 7.03. The first-order chi connectivity index (χ1) is 9.74. The van der Waals surface area contributed by atoms with Crippen molar-refractivity contribution < 1.29 is 0 Å². The van der Waals surface area contributed by atoms with E-state index < -0.39 is 0 Å². The van der Waals surface area contributed by atoms with E-state index in [9.17, 15) is 0 Å². The summed E-state index contributed by atoms with van der Waals surface area (Å²) in [5, 5.41) is 0. The fourth-order valence-corrected chi connectivity index (χ4v) is 3.10. The second kappa shape index (κ2) is 4.10. The fourth-order valence-electron chi connectivity index (χ4n) is 3.10. The molecule has 1 saturated carbocycles. The Balaban J connectivity index is 1.77.